The van der Waals surface area contributed by atoms with Gasteiger partial charge in [-0.3, -0.25) is 0 Å². The van der Waals surface area contributed by atoms with E-state index in [0.717, 1.165) is 16.7 Å². The highest BCUT2D eigenvalue weighted by Gasteiger charge is 2.24. The first-order valence-electron chi connectivity index (χ1n) is 9.58. The number of hydrogen-bond donors (Lipinski definition) is 0. The number of aliphatic imine (C=N–C) groups is 1. The summed E-state index contributed by atoms with van der Waals surface area (Å²) in [5.41, 5.74) is 3.15. The average molecular weight is 413 g/mol. The number of nitrogens with zero attached hydrogens (tertiary/aromatic N) is 1. The Balaban J connectivity index is 1.47. The third-order valence-electron chi connectivity index (χ3n) is 4.61. The Kier molecular flexibility index (Phi) is 5.62. The monoisotopic (exact) mass is 413 g/mol. The zero-order valence-corrected chi connectivity index (χ0v) is 17.0. The summed E-state index contributed by atoms with van der Waals surface area (Å²) in [5, 5.41) is 0. The number of hydrogen-bond acceptors (Lipinski definition) is 6. The molecular formula is C25H19NO5. The topological polar surface area (TPSA) is 74.2 Å². The van der Waals surface area contributed by atoms with E-state index in [-0.39, 0.29) is 11.6 Å². The van der Waals surface area contributed by atoms with Crippen molar-refractivity contribution in [2.75, 3.05) is 7.11 Å². The zero-order chi connectivity index (χ0) is 21.8. The third kappa shape index (κ3) is 4.70. The van der Waals surface area contributed by atoms with Crippen LogP contribution in [0.1, 0.15) is 27.0 Å². The predicted molar refractivity (Wildman–Crippen MR) is 116 cm³/mol. The molecule has 6 heteroatoms. The number of cyclic esters (lactones) is 1. The third-order valence-corrected chi connectivity index (χ3v) is 4.61. The number of rotatable bonds is 5. The van der Waals surface area contributed by atoms with Crippen molar-refractivity contribution >= 4 is 23.9 Å². The molecule has 154 valence electrons. The molecule has 0 fully saturated rings. The summed E-state index contributed by atoms with van der Waals surface area (Å²) >= 11 is 0. The second-order valence-electron chi connectivity index (χ2n) is 6.89. The highest BCUT2D eigenvalue weighted by Crippen LogP contribution is 2.22. The normalized spacial score (nSPS) is 14.2. The summed E-state index contributed by atoms with van der Waals surface area (Å²) in [4.78, 5) is 28.8. The van der Waals surface area contributed by atoms with Crippen molar-refractivity contribution in [3.63, 3.8) is 0 Å². The molecule has 31 heavy (non-hydrogen) atoms. The molecule has 0 amide bonds. The first-order chi connectivity index (χ1) is 15.0. The lowest BCUT2D eigenvalue weighted by atomic mass is 10.1. The van der Waals surface area contributed by atoms with Gasteiger partial charge in [-0.1, -0.05) is 29.8 Å². The smallest absolute Gasteiger partial charge is 0.363 e. The molecule has 0 saturated carbocycles. The first kappa shape index (κ1) is 20.1. The molecule has 0 atom stereocenters. The molecule has 0 unspecified atom stereocenters. The summed E-state index contributed by atoms with van der Waals surface area (Å²) in [6.07, 6.45) is 1.63. The van der Waals surface area contributed by atoms with E-state index in [1.54, 1.807) is 61.7 Å². The molecule has 1 aliphatic rings. The molecule has 3 aromatic carbocycles. The largest absolute Gasteiger partial charge is 0.497 e. The Morgan fingerprint density at radius 3 is 2.35 bits per heavy atom. The Hall–Kier alpha value is -4.19. The van der Waals surface area contributed by atoms with Crippen LogP contribution < -0.4 is 9.47 Å². The van der Waals surface area contributed by atoms with Crippen LogP contribution in [0.15, 0.2) is 83.5 Å². The maximum absolute atomic E-state index is 12.3. The minimum absolute atomic E-state index is 0.208. The highest BCUT2D eigenvalue weighted by atomic mass is 16.6. The Labute approximate surface area is 179 Å². The van der Waals surface area contributed by atoms with Gasteiger partial charge in [-0.25, -0.2) is 14.6 Å². The standard InChI is InChI=1S/C25H19NO5/c1-16-4-3-5-19(14-16)23-26-22(25(28)31-23)15-17-6-10-21(11-7-17)30-24(27)18-8-12-20(29-2)13-9-18/h3-15H,1-2H3/b22-15-. The van der Waals surface area contributed by atoms with Crippen LogP contribution in [0, 0.1) is 6.92 Å². The van der Waals surface area contributed by atoms with Gasteiger partial charge in [0.05, 0.1) is 12.7 Å². The van der Waals surface area contributed by atoms with Crippen molar-refractivity contribution in [2.24, 2.45) is 4.99 Å². The van der Waals surface area contributed by atoms with Crippen molar-refractivity contribution in [3.05, 3.63) is 101 Å². The van der Waals surface area contributed by atoms with Crippen molar-refractivity contribution < 1.29 is 23.8 Å². The summed E-state index contributed by atoms with van der Waals surface area (Å²) in [6, 6.07) is 21.0. The fourth-order valence-electron chi connectivity index (χ4n) is 2.99. The van der Waals surface area contributed by atoms with E-state index in [9.17, 15) is 9.59 Å². The van der Waals surface area contributed by atoms with Crippen LogP contribution in [-0.4, -0.2) is 24.9 Å². The van der Waals surface area contributed by atoms with Gasteiger partial charge in [0, 0.05) is 5.56 Å². The van der Waals surface area contributed by atoms with E-state index < -0.39 is 11.9 Å². The molecular weight excluding hydrogens is 394 g/mol. The van der Waals surface area contributed by atoms with Crippen LogP contribution in [0.4, 0.5) is 0 Å². The van der Waals surface area contributed by atoms with Crippen molar-refractivity contribution in [1.82, 2.24) is 0 Å². The van der Waals surface area contributed by atoms with Crippen molar-refractivity contribution in [3.8, 4) is 11.5 Å². The molecule has 0 aliphatic carbocycles. The molecule has 1 aliphatic heterocycles. The molecule has 1 heterocycles. The summed E-state index contributed by atoms with van der Waals surface area (Å²) in [7, 11) is 1.56. The quantitative estimate of drug-likeness (QED) is 0.348. The Bertz CT molecular complexity index is 1190. The van der Waals surface area contributed by atoms with Gasteiger partial charge in [0.25, 0.3) is 0 Å². The SMILES string of the molecule is COc1ccc(C(=O)Oc2ccc(/C=C3\N=C(c4cccc(C)c4)OC3=O)cc2)cc1. The van der Waals surface area contributed by atoms with Crippen LogP contribution >= 0.6 is 0 Å². The number of carbonyl (C=O) groups is 2. The van der Waals surface area contributed by atoms with Crippen LogP contribution in [0.5, 0.6) is 11.5 Å². The second-order valence-corrected chi connectivity index (χ2v) is 6.89. The second kappa shape index (κ2) is 8.67. The van der Waals surface area contributed by atoms with E-state index in [2.05, 4.69) is 4.99 Å². The van der Waals surface area contributed by atoms with Crippen molar-refractivity contribution in [1.29, 1.82) is 0 Å². The van der Waals surface area contributed by atoms with Crippen LogP contribution in [0.25, 0.3) is 6.08 Å². The van der Waals surface area contributed by atoms with E-state index in [1.165, 1.54) is 0 Å². The number of aryl methyl sites for hydroxylation is 1. The van der Waals surface area contributed by atoms with Gasteiger partial charge in [0.2, 0.25) is 5.90 Å². The maximum atomic E-state index is 12.3. The fraction of sp³-hybridized carbons (Fsp3) is 0.0800. The van der Waals surface area contributed by atoms with E-state index in [0.29, 0.717) is 17.1 Å². The average Bonchev–Trinajstić information content (AvgIpc) is 3.15. The van der Waals surface area contributed by atoms with E-state index in [4.69, 9.17) is 14.2 Å². The molecule has 0 aromatic heterocycles. The number of methoxy groups -OCH3 is 1. The maximum Gasteiger partial charge on any atom is 0.363 e. The zero-order valence-electron chi connectivity index (χ0n) is 17.0. The minimum atomic E-state index is -0.508. The first-order valence-corrected chi connectivity index (χ1v) is 9.58. The molecule has 3 aromatic rings. The van der Waals surface area contributed by atoms with Gasteiger partial charge >= 0.3 is 11.9 Å². The lowest BCUT2D eigenvalue weighted by molar-refractivity contribution is -0.129. The van der Waals surface area contributed by atoms with Crippen LogP contribution in [0.2, 0.25) is 0 Å². The van der Waals surface area contributed by atoms with Gasteiger partial charge in [0.1, 0.15) is 11.5 Å². The number of esters is 2. The van der Waals surface area contributed by atoms with E-state index in [1.807, 2.05) is 31.2 Å². The van der Waals surface area contributed by atoms with Crippen LogP contribution in [-0.2, 0) is 9.53 Å². The molecule has 0 saturated heterocycles. The fourth-order valence-corrected chi connectivity index (χ4v) is 2.99. The summed E-state index contributed by atoms with van der Waals surface area (Å²) < 4.78 is 15.8. The summed E-state index contributed by atoms with van der Waals surface area (Å²) in [6.45, 7) is 1.96. The minimum Gasteiger partial charge on any atom is -0.497 e. The molecule has 0 N–H and O–H groups in total. The van der Waals surface area contributed by atoms with Crippen LogP contribution in [0.3, 0.4) is 0 Å². The molecule has 0 spiro atoms. The molecule has 0 radical (unpaired) electrons. The molecule has 0 bridgehead atoms. The molecule has 4 rings (SSSR count). The number of ether oxygens (including phenoxy) is 3. The van der Waals surface area contributed by atoms with Gasteiger partial charge in [-0.05, 0) is 67.1 Å². The van der Waals surface area contributed by atoms with Gasteiger partial charge in [-0.2, -0.15) is 0 Å². The molecule has 6 nitrogen and oxygen atoms in total. The highest BCUT2D eigenvalue weighted by molar-refractivity contribution is 6.12. The Morgan fingerprint density at radius 2 is 1.68 bits per heavy atom. The number of benzene rings is 3. The summed E-state index contributed by atoms with van der Waals surface area (Å²) in [5.74, 6) is 0.352. The lowest BCUT2D eigenvalue weighted by Crippen LogP contribution is -2.08. The predicted octanol–water partition coefficient (Wildman–Crippen LogP) is 4.57. The number of carbonyl (C=O) groups excluding carboxylic acids is 2. The van der Waals surface area contributed by atoms with E-state index >= 15 is 0 Å². The van der Waals surface area contributed by atoms with Crippen molar-refractivity contribution in [2.45, 2.75) is 6.92 Å². The van der Waals surface area contributed by atoms with Gasteiger partial charge in [0.15, 0.2) is 5.70 Å². The Morgan fingerprint density at radius 1 is 0.968 bits per heavy atom. The lowest BCUT2D eigenvalue weighted by Gasteiger charge is -2.05. The van der Waals surface area contributed by atoms with Gasteiger partial charge < -0.3 is 14.2 Å². The van der Waals surface area contributed by atoms with Gasteiger partial charge in [-0.15, -0.1) is 0 Å².